The highest BCUT2D eigenvalue weighted by Gasteiger charge is 2.37. The zero-order valence-electron chi connectivity index (χ0n) is 29.3. The second-order valence-electron chi connectivity index (χ2n) is 14.3. The van der Waals surface area contributed by atoms with Crippen molar-refractivity contribution < 1.29 is 41.0 Å². The van der Waals surface area contributed by atoms with Crippen molar-refractivity contribution in [2.24, 2.45) is 0 Å². The van der Waals surface area contributed by atoms with Crippen LogP contribution in [-0.4, -0.2) is 109 Å². The number of nitrogens with one attached hydrogen (secondary N) is 1. The minimum Gasteiger partial charge on any atom is -0.477 e. The standard InChI is InChI=1S/C34H46F5N5O4S/c1-21-20-44(14-13-42(21)5)26-18-25(35)28(22-9-11-43(12-10-22)32(46)48-33(2,3)4)29(36)30(26)41-31(45)23-19-40-27(17-24(23)34(37,38)39)47-15-16-49(6,7)8/h9,17-19,21H,10-16,20H2,1-8H3,(H,41,45)/t21-/m0/s1. The Labute approximate surface area is 286 Å². The number of carbonyl (C=O) groups is 2. The molecule has 0 spiro atoms. The normalized spacial score (nSPS) is 18.2. The summed E-state index contributed by atoms with van der Waals surface area (Å²) in [4.78, 5) is 35.3. The van der Waals surface area contributed by atoms with E-state index in [0.29, 0.717) is 31.5 Å². The van der Waals surface area contributed by atoms with Gasteiger partial charge in [-0.1, -0.05) is 6.08 Å². The van der Waals surface area contributed by atoms with Gasteiger partial charge < -0.3 is 29.5 Å². The number of carbonyl (C=O) groups excluding carboxylic acids is 2. The van der Waals surface area contributed by atoms with Crippen LogP contribution >= 0.6 is 10.0 Å². The van der Waals surface area contributed by atoms with Crippen LogP contribution < -0.4 is 15.0 Å². The van der Waals surface area contributed by atoms with Gasteiger partial charge in [0.25, 0.3) is 5.91 Å². The Morgan fingerprint density at radius 3 is 2.35 bits per heavy atom. The number of benzene rings is 1. The minimum atomic E-state index is -4.96. The van der Waals surface area contributed by atoms with Gasteiger partial charge in [-0.25, -0.2) is 28.6 Å². The molecule has 2 aliphatic rings. The van der Waals surface area contributed by atoms with E-state index in [1.165, 1.54) is 11.0 Å². The molecule has 3 heterocycles. The molecule has 0 unspecified atom stereocenters. The number of likely N-dealkylation sites (N-methyl/N-ethyl adjacent to an activating group) is 1. The first-order chi connectivity index (χ1) is 22.6. The Morgan fingerprint density at radius 2 is 1.78 bits per heavy atom. The van der Waals surface area contributed by atoms with Crippen LogP contribution in [-0.2, 0) is 10.9 Å². The smallest absolute Gasteiger partial charge is 0.417 e. The van der Waals surface area contributed by atoms with Gasteiger partial charge in [-0.05, 0) is 65.5 Å². The zero-order valence-corrected chi connectivity index (χ0v) is 30.1. The Bertz CT molecular complexity index is 1590. The lowest BCUT2D eigenvalue weighted by molar-refractivity contribution is -0.138. The number of ether oxygens (including phenoxy) is 2. The van der Waals surface area contributed by atoms with Crippen LogP contribution in [0, 0.1) is 11.6 Å². The minimum absolute atomic E-state index is 0.00462. The van der Waals surface area contributed by atoms with E-state index in [1.54, 1.807) is 25.7 Å². The molecule has 9 nitrogen and oxygen atoms in total. The highest BCUT2D eigenvalue weighted by Crippen LogP contribution is 2.40. The van der Waals surface area contributed by atoms with E-state index in [2.05, 4.69) is 15.2 Å². The maximum Gasteiger partial charge on any atom is 0.417 e. The first-order valence-electron chi connectivity index (χ1n) is 16.0. The molecule has 272 valence electrons. The lowest BCUT2D eigenvalue weighted by atomic mass is 9.96. The first kappa shape index (κ1) is 38.2. The van der Waals surface area contributed by atoms with Crippen LogP contribution in [0.25, 0.3) is 5.57 Å². The molecular formula is C34H46F5N5O4S. The largest absolute Gasteiger partial charge is 0.477 e. The molecule has 2 aromatic rings. The van der Waals surface area contributed by atoms with Crippen molar-refractivity contribution in [2.75, 3.05) is 81.1 Å². The molecule has 1 N–H and O–H groups in total. The number of amides is 2. The third-order valence-electron chi connectivity index (χ3n) is 8.29. The van der Waals surface area contributed by atoms with E-state index in [-0.39, 0.29) is 49.3 Å². The highest BCUT2D eigenvalue weighted by atomic mass is 32.3. The van der Waals surface area contributed by atoms with E-state index < -0.39 is 67.8 Å². The third kappa shape index (κ3) is 9.77. The summed E-state index contributed by atoms with van der Waals surface area (Å²) in [5.41, 5.74) is -3.49. The van der Waals surface area contributed by atoms with Crippen molar-refractivity contribution in [3.8, 4) is 5.88 Å². The first-order valence-corrected chi connectivity index (χ1v) is 19.0. The molecule has 4 rings (SSSR count). The maximum atomic E-state index is 16.6. The van der Waals surface area contributed by atoms with E-state index in [9.17, 15) is 22.8 Å². The summed E-state index contributed by atoms with van der Waals surface area (Å²) in [7, 11) is 0.935. The van der Waals surface area contributed by atoms with Gasteiger partial charge >= 0.3 is 12.3 Å². The topological polar surface area (TPSA) is 87.2 Å². The van der Waals surface area contributed by atoms with E-state index >= 15 is 8.78 Å². The Morgan fingerprint density at radius 1 is 1.08 bits per heavy atom. The van der Waals surface area contributed by atoms with Gasteiger partial charge in [0.05, 0.1) is 29.0 Å². The van der Waals surface area contributed by atoms with Crippen LogP contribution in [0.1, 0.15) is 55.6 Å². The van der Waals surface area contributed by atoms with Gasteiger partial charge in [0, 0.05) is 62.8 Å². The summed E-state index contributed by atoms with van der Waals surface area (Å²) in [6.07, 6.45) is 2.92. The number of hydrogen-bond acceptors (Lipinski definition) is 7. The molecule has 1 fully saturated rings. The summed E-state index contributed by atoms with van der Waals surface area (Å²) >= 11 is 0. The van der Waals surface area contributed by atoms with Crippen LogP contribution in [0.15, 0.2) is 24.4 Å². The van der Waals surface area contributed by atoms with Crippen LogP contribution in [0.4, 0.5) is 38.1 Å². The second-order valence-corrected chi connectivity index (χ2v) is 18.9. The second kappa shape index (κ2) is 14.7. The number of rotatable bonds is 8. The van der Waals surface area contributed by atoms with Crippen molar-refractivity contribution in [3.63, 3.8) is 0 Å². The molecule has 0 bridgehead atoms. The van der Waals surface area contributed by atoms with Crippen molar-refractivity contribution in [1.29, 1.82) is 0 Å². The molecule has 2 aliphatic heterocycles. The van der Waals surface area contributed by atoms with Crippen LogP contribution in [0.3, 0.4) is 0 Å². The number of hydrogen-bond donors (Lipinski definition) is 1. The van der Waals surface area contributed by atoms with Crippen molar-refractivity contribution in [2.45, 2.75) is 51.9 Å². The molecule has 1 atom stereocenters. The average Bonchev–Trinajstić information content (AvgIpc) is 2.98. The monoisotopic (exact) mass is 715 g/mol. The number of nitrogens with zero attached hydrogens (tertiary/aromatic N) is 4. The molecule has 15 heteroatoms. The summed E-state index contributed by atoms with van der Waals surface area (Å²) in [6.45, 7) is 8.65. The summed E-state index contributed by atoms with van der Waals surface area (Å²) in [5.74, 6) is -2.95. The zero-order chi connectivity index (χ0) is 36.5. The van der Waals surface area contributed by atoms with Crippen LogP contribution in [0.5, 0.6) is 5.88 Å². The lowest BCUT2D eigenvalue weighted by Gasteiger charge is -2.40. The van der Waals surface area contributed by atoms with Gasteiger partial charge in [0.1, 0.15) is 17.1 Å². The summed E-state index contributed by atoms with van der Waals surface area (Å²) in [5, 5.41) is 2.35. The Balaban J connectivity index is 1.72. The predicted octanol–water partition coefficient (Wildman–Crippen LogP) is 6.87. The fourth-order valence-electron chi connectivity index (χ4n) is 5.43. The Kier molecular flexibility index (Phi) is 11.5. The summed E-state index contributed by atoms with van der Waals surface area (Å²) < 4.78 is 86.2. The lowest BCUT2D eigenvalue weighted by Crippen LogP contribution is -2.50. The van der Waals surface area contributed by atoms with Crippen molar-refractivity contribution in [3.05, 3.63) is 52.7 Å². The average molecular weight is 716 g/mol. The molecule has 1 saturated heterocycles. The Hall–Kier alpha value is -3.59. The molecule has 0 aliphatic carbocycles. The predicted molar refractivity (Wildman–Crippen MR) is 184 cm³/mol. The number of anilines is 2. The maximum absolute atomic E-state index is 16.6. The fourth-order valence-corrected chi connectivity index (χ4v) is 6.02. The SMILES string of the molecule is C[C@H]1CN(c2cc(F)c(C3=CCN(C(=O)OC(C)(C)C)CC3)c(F)c2NC(=O)c2cnc(OCCS(C)(C)C)cc2C(F)(F)F)CCN1C. The highest BCUT2D eigenvalue weighted by molar-refractivity contribution is 8.32. The van der Waals surface area contributed by atoms with E-state index in [0.717, 1.165) is 12.3 Å². The number of aromatic nitrogens is 1. The number of pyridine rings is 1. The molecule has 49 heavy (non-hydrogen) atoms. The molecular weight excluding hydrogens is 669 g/mol. The van der Waals surface area contributed by atoms with E-state index in [4.69, 9.17) is 9.47 Å². The number of piperazine rings is 1. The third-order valence-corrected chi connectivity index (χ3v) is 9.68. The molecule has 1 aromatic carbocycles. The van der Waals surface area contributed by atoms with Gasteiger partial charge in [-0.2, -0.15) is 13.2 Å². The van der Waals surface area contributed by atoms with Gasteiger partial charge in [-0.15, -0.1) is 0 Å². The molecule has 0 radical (unpaired) electrons. The molecule has 2 amide bonds. The van der Waals surface area contributed by atoms with Crippen LogP contribution in [0.2, 0.25) is 0 Å². The quantitative estimate of drug-likeness (QED) is 0.299. The summed E-state index contributed by atoms with van der Waals surface area (Å²) in [6, 6.07) is 1.74. The molecule has 1 aromatic heterocycles. The van der Waals surface area contributed by atoms with Gasteiger partial charge in [0.15, 0.2) is 5.82 Å². The van der Waals surface area contributed by atoms with Gasteiger partial charge in [-0.3, -0.25) is 4.79 Å². The van der Waals surface area contributed by atoms with E-state index in [1.807, 2.05) is 32.7 Å². The molecule has 0 saturated carbocycles. The fraction of sp³-hybridized carbons (Fsp3) is 0.559. The number of halogens is 5. The van der Waals surface area contributed by atoms with Crippen molar-refractivity contribution >= 4 is 39.0 Å². The van der Waals surface area contributed by atoms with Crippen molar-refractivity contribution in [1.82, 2.24) is 14.8 Å². The van der Waals surface area contributed by atoms with Gasteiger partial charge in [0.2, 0.25) is 5.88 Å². The number of alkyl halides is 3.